The number of fused-ring (bicyclic) bond motifs is 1. The van der Waals surface area contributed by atoms with Gasteiger partial charge in [0.15, 0.2) is 11.5 Å². The molecule has 0 atom stereocenters. The van der Waals surface area contributed by atoms with Gasteiger partial charge in [-0.15, -0.1) is 0 Å². The van der Waals surface area contributed by atoms with Crippen molar-refractivity contribution in [3.05, 3.63) is 52.9 Å². The number of ether oxygens (including phenoxy) is 2. The van der Waals surface area contributed by atoms with Crippen molar-refractivity contribution in [1.82, 2.24) is 0 Å². The second-order valence-corrected chi connectivity index (χ2v) is 5.60. The van der Waals surface area contributed by atoms with Gasteiger partial charge in [0.05, 0.1) is 14.2 Å². The third-order valence-electron chi connectivity index (χ3n) is 4.14. The third-order valence-corrected chi connectivity index (χ3v) is 4.14. The summed E-state index contributed by atoms with van der Waals surface area (Å²) in [5.41, 5.74) is 3.69. The molecule has 1 aromatic heterocycles. The van der Waals surface area contributed by atoms with Gasteiger partial charge in [0, 0.05) is 17.0 Å². The third kappa shape index (κ3) is 2.69. The fourth-order valence-electron chi connectivity index (χ4n) is 2.64. The molecule has 5 nitrogen and oxygen atoms in total. The van der Waals surface area contributed by atoms with Crippen LogP contribution in [-0.4, -0.2) is 19.4 Å². The first-order chi connectivity index (χ1) is 11.6. The number of rotatable bonds is 3. The number of methoxy groups -OCH3 is 2. The van der Waals surface area contributed by atoms with Crippen molar-refractivity contribution in [2.45, 2.75) is 13.8 Å². The van der Waals surface area contributed by atoms with Crippen LogP contribution in [0, 0.1) is 13.8 Å². The molecule has 0 saturated heterocycles. The highest BCUT2D eigenvalue weighted by Crippen LogP contribution is 2.33. The normalized spacial score (nSPS) is 11.8. The van der Waals surface area contributed by atoms with Gasteiger partial charge in [0.2, 0.25) is 0 Å². The van der Waals surface area contributed by atoms with E-state index in [4.69, 9.17) is 13.9 Å². The van der Waals surface area contributed by atoms with Gasteiger partial charge in [-0.05, 0) is 55.3 Å². The molecule has 0 fully saturated rings. The Balaban J connectivity index is 2.26. The number of hydrogen-bond acceptors (Lipinski definition) is 5. The average molecular weight is 325 g/mol. The summed E-state index contributed by atoms with van der Waals surface area (Å²) in [7, 11) is 3.17. The Labute approximate surface area is 139 Å². The van der Waals surface area contributed by atoms with E-state index in [-0.39, 0.29) is 0 Å². The molecule has 0 unspecified atom stereocenters. The van der Waals surface area contributed by atoms with Gasteiger partial charge in [-0.3, -0.25) is 0 Å². The summed E-state index contributed by atoms with van der Waals surface area (Å²) < 4.78 is 16.6. The zero-order valence-electron chi connectivity index (χ0n) is 14.1. The lowest BCUT2D eigenvalue weighted by molar-refractivity contribution is 0.302. The molecule has 0 spiro atoms. The molecule has 3 aromatic rings. The summed E-state index contributed by atoms with van der Waals surface area (Å²) in [6, 6.07) is 11.1. The Kier molecular flexibility index (Phi) is 4.16. The van der Waals surface area contributed by atoms with Gasteiger partial charge in [0.1, 0.15) is 16.7 Å². The largest absolute Gasteiger partial charge is 0.493 e. The van der Waals surface area contributed by atoms with Crippen molar-refractivity contribution < 1.29 is 19.1 Å². The molecule has 0 bridgehead atoms. The number of benzene rings is 2. The van der Waals surface area contributed by atoms with Crippen molar-refractivity contribution in [3.8, 4) is 22.8 Å². The zero-order chi connectivity index (χ0) is 17.3. The Morgan fingerprint density at radius 3 is 2.29 bits per heavy atom. The van der Waals surface area contributed by atoms with E-state index in [2.05, 4.69) is 5.16 Å². The van der Waals surface area contributed by atoms with Crippen molar-refractivity contribution in [3.63, 3.8) is 0 Å². The van der Waals surface area contributed by atoms with Crippen molar-refractivity contribution in [2.75, 3.05) is 14.2 Å². The summed E-state index contributed by atoms with van der Waals surface area (Å²) in [5.74, 6) is 1.83. The van der Waals surface area contributed by atoms with Gasteiger partial charge < -0.3 is 19.1 Å². The van der Waals surface area contributed by atoms with E-state index in [9.17, 15) is 5.21 Å². The van der Waals surface area contributed by atoms with Crippen LogP contribution in [0.3, 0.4) is 0 Å². The van der Waals surface area contributed by atoms with E-state index in [1.54, 1.807) is 20.3 Å². The van der Waals surface area contributed by atoms with Crippen LogP contribution in [0.5, 0.6) is 11.5 Å². The lowest BCUT2D eigenvalue weighted by atomic mass is 10.1. The quantitative estimate of drug-likeness (QED) is 0.583. The Bertz CT molecular complexity index is 973. The van der Waals surface area contributed by atoms with Gasteiger partial charge in [-0.1, -0.05) is 5.16 Å². The van der Waals surface area contributed by atoms with Crippen LogP contribution in [-0.2, 0) is 0 Å². The van der Waals surface area contributed by atoms with Crippen LogP contribution >= 0.6 is 0 Å². The lowest BCUT2D eigenvalue weighted by Gasteiger charge is -2.10. The minimum atomic E-state index is 0.462. The summed E-state index contributed by atoms with van der Waals surface area (Å²) in [6.07, 6.45) is 0. The van der Waals surface area contributed by atoms with E-state index < -0.39 is 0 Å². The number of hydrogen-bond donors (Lipinski definition) is 1. The van der Waals surface area contributed by atoms with Gasteiger partial charge >= 0.3 is 0 Å². The second kappa shape index (κ2) is 6.28. The van der Waals surface area contributed by atoms with Crippen LogP contribution in [0.4, 0.5) is 0 Å². The van der Waals surface area contributed by atoms with E-state index in [1.165, 1.54) is 0 Å². The van der Waals surface area contributed by atoms with Gasteiger partial charge in [0.25, 0.3) is 0 Å². The topological polar surface area (TPSA) is 64.2 Å². The van der Waals surface area contributed by atoms with Crippen molar-refractivity contribution in [1.29, 1.82) is 0 Å². The SMILES string of the molecule is COc1ccc(-c2c/c(=N/O)c3cc(C)c(C)cc3o2)cc1OC. The second-order valence-electron chi connectivity index (χ2n) is 5.60. The fraction of sp³-hybridized carbons (Fsp3) is 0.211. The maximum atomic E-state index is 9.39. The van der Waals surface area contributed by atoms with Crippen LogP contribution in [0.25, 0.3) is 22.3 Å². The highest BCUT2D eigenvalue weighted by Gasteiger charge is 2.11. The fourth-order valence-corrected chi connectivity index (χ4v) is 2.64. The van der Waals surface area contributed by atoms with Crippen LogP contribution in [0.15, 0.2) is 46.0 Å². The maximum absolute atomic E-state index is 9.39. The average Bonchev–Trinajstić information content (AvgIpc) is 2.61. The highest BCUT2D eigenvalue weighted by molar-refractivity contribution is 5.80. The molecule has 124 valence electrons. The maximum Gasteiger partial charge on any atom is 0.161 e. The summed E-state index contributed by atoms with van der Waals surface area (Å²) in [4.78, 5) is 0. The van der Waals surface area contributed by atoms with E-state index in [0.717, 1.165) is 22.1 Å². The first-order valence-corrected chi connectivity index (χ1v) is 7.53. The predicted molar refractivity (Wildman–Crippen MR) is 91.6 cm³/mol. The first-order valence-electron chi connectivity index (χ1n) is 7.53. The summed E-state index contributed by atoms with van der Waals surface area (Å²) >= 11 is 0. The minimum Gasteiger partial charge on any atom is -0.493 e. The van der Waals surface area contributed by atoms with Crippen LogP contribution in [0.2, 0.25) is 0 Å². The van der Waals surface area contributed by atoms with Crippen LogP contribution in [0.1, 0.15) is 11.1 Å². The van der Waals surface area contributed by atoms with E-state index in [0.29, 0.717) is 28.2 Å². The van der Waals surface area contributed by atoms with Gasteiger partial charge in [-0.25, -0.2) is 0 Å². The minimum absolute atomic E-state index is 0.462. The van der Waals surface area contributed by atoms with Crippen LogP contribution < -0.4 is 14.8 Å². The molecule has 1 heterocycles. The molecule has 1 N–H and O–H groups in total. The first kappa shape index (κ1) is 15.9. The number of aryl methyl sites for hydroxylation is 2. The van der Waals surface area contributed by atoms with Crippen molar-refractivity contribution in [2.24, 2.45) is 5.16 Å². The van der Waals surface area contributed by atoms with E-state index in [1.807, 2.05) is 44.2 Å². The van der Waals surface area contributed by atoms with Gasteiger partial charge in [-0.2, -0.15) is 0 Å². The Morgan fingerprint density at radius 1 is 0.917 bits per heavy atom. The Hall–Kier alpha value is -2.95. The molecule has 0 amide bonds. The molecular weight excluding hydrogens is 306 g/mol. The molecule has 0 aliphatic heterocycles. The molecule has 5 heteroatoms. The molecule has 2 aromatic carbocycles. The molecule has 0 radical (unpaired) electrons. The summed E-state index contributed by atoms with van der Waals surface area (Å²) in [5, 5.41) is 14.0. The molecule has 0 aliphatic rings. The molecule has 0 saturated carbocycles. The lowest BCUT2D eigenvalue weighted by Crippen LogP contribution is -2.04. The molecular formula is C19H19NO4. The monoisotopic (exact) mass is 325 g/mol. The highest BCUT2D eigenvalue weighted by atomic mass is 16.5. The molecule has 0 aliphatic carbocycles. The molecule has 24 heavy (non-hydrogen) atoms. The molecule has 3 rings (SSSR count). The summed E-state index contributed by atoms with van der Waals surface area (Å²) in [6.45, 7) is 4.03. The number of nitrogens with zero attached hydrogens (tertiary/aromatic N) is 1. The smallest absolute Gasteiger partial charge is 0.161 e. The zero-order valence-corrected chi connectivity index (χ0v) is 14.1. The predicted octanol–water partition coefficient (Wildman–Crippen LogP) is 4.02. The standard InChI is InChI=1S/C19H19NO4/c1-11-7-14-15(20-21)10-17(24-18(14)8-12(11)2)13-5-6-16(22-3)19(9-13)23-4/h5-10,21H,1-4H3/b20-15-. The Morgan fingerprint density at radius 2 is 1.62 bits per heavy atom. The van der Waals surface area contributed by atoms with Crippen molar-refractivity contribution >= 4 is 11.0 Å². The van der Waals surface area contributed by atoms with E-state index >= 15 is 0 Å².